The lowest BCUT2D eigenvalue weighted by Gasteiger charge is -2.36. The second kappa shape index (κ2) is 9.45. The van der Waals surface area contributed by atoms with Gasteiger partial charge in [0, 0.05) is 5.41 Å². The Balaban J connectivity index is 2.07. The molecule has 0 amide bonds. The Morgan fingerprint density at radius 1 is 0.577 bits per heavy atom. The van der Waals surface area contributed by atoms with Gasteiger partial charge in [0.25, 0.3) is 0 Å². The van der Waals surface area contributed by atoms with Gasteiger partial charge in [0.1, 0.15) is 0 Å². The molecule has 0 nitrogen and oxygen atoms in total. The van der Waals surface area contributed by atoms with Crippen LogP contribution in [0, 0.1) is 0 Å². The van der Waals surface area contributed by atoms with E-state index in [-0.39, 0.29) is 5.41 Å². The van der Waals surface area contributed by atoms with E-state index in [1.54, 1.807) is 0 Å². The molecule has 0 spiro atoms. The summed E-state index contributed by atoms with van der Waals surface area (Å²) < 4.78 is 0. The van der Waals surface area contributed by atoms with Crippen LogP contribution < -0.4 is 0 Å². The van der Waals surface area contributed by atoms with Crippen LogP contribution in [0.2, 0.25) is 0 Å². The third-order valence-corrected chi connectivity index (χ3v) is 5.41. The van der Waals surface area contributed by atoms with Crippen LogP contribution in [-0.4, -0.2) is 5.37 Å². The molecule has 0 N–H and O–H groups in total. The summed E-state index contributed by atoms with van der Waals surface area (Å²) in [6.45, 7) is 0. The summed E-state index contributed by atoms with van der Waals surface area (Å²) in [6.07, 6.45) is 5.70. The van der Waals surface area contributed by atoms with Crippen LogP contribution in [-0.2, 0) is 5.41 Å². The number of unbranched alkanes of at least 4 members (excludes halogenated alkanes) is 3. The van der Waals surface area contributed by atoms with E-state index in [1.165, 1.54) is 36.0 Å². The van der Waals surface area contributed by atoms with E-state index in [4.69, 9.17) is 12.2 Å². The highest BCUT2D eigenvalue weighted by Gasteiger charge is 2.35. The molecule has 3 aromatic rings. The Bertz CT molecular complexity index is 681. The molecule has 0 heterocycles. The average Bonchev–Trinajstić information content (AvgIpc) is 2.73. The number of rotatable bonds is 9. The number of thiocarbonyl (C=S) groups is 1. The Hall–Kier alpha value is -2.25. The predicted octanol–water partition coefficient (Wildman–Crippen LogP) is 6.97. The summed E-state index contributed by atoms with van der Waals surface area (Å²) in [5.74, 6) is 0. The van der Waals surface area contributed by atoms with E-state index in [1.807, 2.05) is 5.37 Å². The summed E-state index contributed by atoms with van der Waals surface area (Å²) in [7, 11) is 0. The highest BCUT2D eigenvalue weighted by molar-refractivity contribution is 7.78. The molecule has 0 fully saturated rings. The second-order valence-electron chi connectivity index (χ2n) is 6.77. The summed E-state index contributed by atoms with van der Waals surface area (Å²) in [5.41, 5.74) is 3.99. The molecular formula is C25H26S. The molecule has 0 aliphatic heterocycles. The first-order valence-electron chi connectivity index (χ1n) is 9.48. The molecule has 1 heteroatoms. The van der Waals surface area contributed by atoms with Crippen molar-refractivity contribution >= 4 is 17.6 Å². The zero-order valence-corrected chi connectivity index (χ0v) is 16.0. The summed E-state index contributed by atoms with van der Waals surface area (Å²) in [6, 6.07) is 32.9. The molecule has 0 aliphatic rings. The van der Waals surface area contributed by atoms with Crippen molar-refractivity contribution in [3.8, 4) is 0 Å². The minimum Gasteiger partial charge on any atom is -0.0935 e. The molecule has 0 unspecified atom stereocenters. The smallest absolute Gasteiger partial charge is 0.0451 e. The van der Waals surface area contributed by atoms with Gasteiger partial charge in [0.15, 0.2) is 0 Å². The van der Waals surface area contributed by atoms with E-state index in [0.717, 1.165) is 12.8 Å². The summed E-state index contributed by atoms with van der Waals surface area (Å²) in [5, 5.41) is 1.86. The number of benzene rings is 3. The lowest BCUT2D eigenvalue weighted by atomic mass is 9.66. The van der Waals surface area contributed by atoms with Crippen LogP contribution in [0.5, 0.6) is 0 Å². The van der Waals surface area contributed by atoms with Crippen molar-refractivity contribution in [3.05, 3.63) is 108 Å². The van der Waals surface area contributed by atoms with Gasteiger partial charge >= 0.3 is 0 Å². The quantitative estimate of drug-likeness (QED) is 0.226. The van der Waals surface area contributed by atoms with E-state index < -0.39 is 0 Å². The van der Waals surface area contributed by atoms with Gasteiger partial charge in [-0.25, -0.2) is 0 Å². The first-order chi connectivity index (χ1) is 12.9. The van der Waals surface area contributed by atoms with Crippen LogP contribution in [0.25, 0.3) is 0 Å². The Morgan fingerprint density at radius 3 is 1.38 bits per heavy atom. The molecule has 0 bridgehead atoms. The molecule has 0 saturated heterocycles. The standard InChI is InChI=1S/C25H26S/c26-21-13-2-1-12-20-25(22-14-6-3-7-15-22,23-16-8-4-9-17-23)24-18-10-5-11-19-24/h3-11,14-19,21H,1-2,12-13,20H2. The highest BCUT2D eigenvalue weighted by atomic mass is 32.1. The van der Waals surface area contributed by atoms with Gasteiger partial charge in [0.2, 0.25) is 0 Å². The van der Waals surface area contributed by atoms with Crippen molar-refractivity contribution in [2.75, 3.05) is 0 Å². The highest BCUT2D eigenvalue weighted by Crippen LogP contribution is 2.43. The third-order valence-electron chi connectivity index (χ3n) is 5.17. The fourth-order valence-electron chi connectivity index (χ4n) is 3.90. The van der Waals surface area contributed by atoms with E-state index in [9.17, 15) is 0 Å². The molecule has 132 valence electrons. The van der Waals surface area contributed by atoms with E-state index in [2.05, 4.69) is 91.0 Å². The van der Waals surface area contributed by atoms with Crippen molar-refractivity contribution < 1.29 is 0 Å². The average molecular weight is 359 g/mol. The van der Waals surface area contributed by atoms with Crippen molar-refractivity contribution in [3.63, 3.8) is 0 Å². The van der Waals surface area contributed by atoms with Crippen LogP contribution in [0.3, 0.4) is 0 Å². The Kier molecular flexibility index (Phi) is 6.74. The van der Waals surface area contributed by atoms with Gasteiger partial charge in [-0.1, -0.05) is 116 Å². The SMILES string of the molecule is S=CCCCCCC(c1ccccc1)(c1ccccc1)c1ccccc1. The maximum atomic E-state index is 4.98. The normalized spacial score (nSPS) is 11.2. The van der Waals surface area contributed by atoms with E-state index >= 15 is 0 Å². The largest absolute Gasteiger partial charge is 0.0935 e. The van der Waals surface area contributed by atoms with Crippen molar-refractivity contribution in [2.45, 2.75) is 37.5 Å². The molecule has 0 aliphatic carbocycles. The number of hydrogen-bond donors (Lipinski definition) is 0. The third kappa shape index (κ3) is 4.11. The van der Waals surface area contributed by atoms with Gasteiger partial charge in [-0.2, -0.15) is 0 Å². The Labute approximate surface area is 162 Å². The maximum Gasteiger partial charge on any atom is 0.0451 e. The van der Waals surface area contributed by atoms with Crippen molar-refractivity contribution in [2.24, 2.45) is 0 Å². The zero-order chi connectivity index (χ0) is 18.1. The minimum atomic E-state index is -0.110. The van der Waals surface area contributed by atoms with Gasteiger partial charge in [0.05, 0.1) is 0 Å². The lowest BCUT2D eigenvalue weighted by molar-refractivity contribution is 0.512. The fraction of sp³-hybridized carbons (Fsp3) is 0.240. The maximum absolute atomic E-state index is 4.98. The van der Waals surface area contributed by atoms with E-state index in [0.29, 0.717) is 0 Å². The van der Waals surface area contributed by atoms with Crippen LogP contribution >= 0.6 is 12.2 Å². The molecule has 26 heavy (non-hydrogen) atoms. The topological polar surface area (TPSA) is 0 Å². The van der Waals surface area contributed by atoms with Gasteiger partial charge in [-0.05, 0) is 41.3 Å². The predicted molar refractivity (Wildman–Crippen MR) is 116 cm³/mol. The first kappa shape index (κ1) is 18.5. The van der Waals surface area contributed by atoms with Crippen LogP contribution in [0.4, 0.5) is 0 Å². The van der Waals surface area contributed by atoms with Gasteiger partial charge in [-0.15, -0.1) is 0 Å². The molecule has 0 radical (unpaired) electrons. The molecule has 3 rings (SSSR count). The Morgan fingerprint density at radius 2 is 1.00 bits per heavy atom. The minimum absolute atomic E-state index is 0.110. The van der Waals surface area contributed by atoms with Crippen molar-refractivity contribution in [1.29, 1.82) is 0 Å². The lowest BCUT2D eigenvalue weighted by Crippen LogP contribution is -2.29. The fourth-order valence-corrected chi connectivity index (χ4v) is 4.06. The molecule has 0 aromatic heterocycles. The second-order valence-corrected chi connectivity index (χ2v) is 7.10. The molecule has 3 aromatic carbocycles. The van der Waals surface area contributed by atoms with Crippen molar-refractivity contribution in [1.82, 2.24) is 0 Å². The van der Waals surface area contributed by atoms with Crippen LogP contribution in [0.15, 0.2) is 91.0 Å². The number of hydrogen-bond acceptors (Lipinski definition) is 1. The molecular weight excluding hydrogens is 332 g/mol. The van der Waals surface area contributed by atoms with Crippen LogP contribution in [0.1, 0.15) is 48.8 Å². The summed E-state index contributed by atoms with van der Waals surface area (Å²) >= 11 is 4.98. The first-order valence-corrected chi connectivity index (χ1v) is 9.95. The monoisotopic (exact) mass is 358 g/mol. The van der Waals surface area contributed by atoms with Gasteiger partial charge < -0.3 is 0 Å². The molecule has 0 saturated carbocycles. The molecule has 0 atom stereocenters. The zero-order valence-electron chi connectivity index (χ0n) is 15.2. The van der Waals surface area contributed by atoms with Gasteiger partial charge in [-0.3, -0.25) is 0 Å². The summed E-state index contributed by atoms with van der Waals surface area (Å²) in [4.78, 5) is 0.